The van der Waals surface area contributed by atoms with Crippen molar-refractivity contribution in [1.29, 1.82) is 0 Å². The second kappa shape index (κ2) is 4.59. The Labute approximate surface area is 135 Å². The van der Waals surface area contributed by atoms with Gasteiger partial charge in [0.05, 0.1) is 12.0 Å². The number of carbonyl (C=O) groups excluding carboxylic acids is 2. The molecule has 0 aromatic heterocycles. The van der Waals surface area contributed by atoms with Crippen molar-refractivity contribution in [3.8, 4) is 5.75 Å². The third-order valence-electron chi connectivity index (χ3n) is 6.34. The summed E-state index contributed by atoms with van der Waals surface area (Å²) in [6.07, 6.45) is 4.62. The minimum absolute atomic E-state index is 0.0971. The topological polar surface area (TPSA) is 46.6 Å². The summed E-state index contributed by atoms with van der Waals surface area (Å²) in [6, 6.07) is 7.53. The highest BCUT2D eigenvalue weighted by atomic mass is 16.5. The first-order valence-electron chi connectivity index (χ1n) is 8.80. The summed E-state index contributed by atoms with van der Waals surface area (Å²) in [7, 11) is 0. The molecular formula is C19H21NO3. The van der Waals surface area contributed by atoms with E-state index in [0.717, 1.165) is 38.8 Å². The van der Waals surface area contributed by atoms with Gasteiger partial charge in [-0.2, -0.15) is 0 Å². The molecule has 0 unspecified atom stereocenters. The lowest BCUT2D eigenvalue weighted by Crippen LogP contribution is -2.44. The van der Waals surface area contributed by atoms with Crippen LogP contribution < -0.4 is 4.74 Å². The first-order valence-corrected chi connectivity index (χ1v) is 8.80. The molecule has 1 aromatic rings. The number of fused-ring (bicyclic) bond motifs is 3. The minimum atomic E-state index is -0.420. The lowest BCUT2D eigenvalue weighted by atomic mass is 9.84. The van der Waals surface area contributed by atoms with Crippen molar-refractivity contribution in [2.24, 2.45) is 17.8 Å². The van der Waals surface area contributed by atoms with Crippen LogP contribution in [0.2, 0.25) is 0 Å². The highest BCUT2D eigenvalue weighted by Crippen LogP contribution is 2.66. The van der Waals surface area contributed by atoms with Crippen LogP contribution in [0.1, 0.15) is 42.5 Å². The van der Waals surface area contributed by atoms with Crippen LogP contribution in [0.3, 0.4) is 0 Å². The normalized spacial score (nSPS) is 37.5. The van der Waals surface area contributed by atoms with Gasteiger partial charge in [0, 0.05) is 24.9 Å². The Hall–Kier alpha value is -1.84. The van der Waals surface area contributed by atoms with Crippen LogP contribution in [-0.2, 0) is 4.79 Å². The van der Waals surface area contributed by atoms with E-state index in [0.29, 0.717) is 29.6 Å². The number of hydrogen-bond donors (Lipinski definition) is 0. The molecule has 2 saturated carbocycles. The highest BCUT2D eigenvalue weighted by molar-refractivity contribution is 6.00. The van der Waals surface area contributed by atoms with Gasteiger partial charge in [-0.05, 0) is 43.7 Å². The molecule has 2 heterocycles. The van der Waals surface area contributed by atoms with Crippen molar-refractivity contribution in [2.75, 3.05) is 13.1 Å². The van der Waals surface area contributed by atoms with E-state index in [1.807, 2.05) is 29.2 Å². The predicted octanol–water partition coefficient (Wildman–Crippen LogP) is 2.67. The standard InChI is InChI=1S/C19H21NO3/c21-14-11-19(23-15-6-2-1-5-12(14)15)8-7-13-16(17(13)19)18(22)20-9-3-4-10-20/h1-2,5-6,13,16-17H,3-4,7-11H2/t13-,16-,17+,19+/m1/s1. The van der Waals surface area contributed by atoms with Crippen molar-refractivity contribution in [1.82, 2.24) is 4.90 Å². The van der Waals surface area contributed by atoms with Crippen LogP contribution in [-0.4, -0.2) is 35.3 Å². The molecule has 1 aromatic carbocycles. The van der Waals surface area contributed by atoms with Crippen molar-refractivity contribution in [3.63, 3.8) is 0 Å². The maximum Gasteiger partial charge on any atom is 0.226 e. The largest absolute Gasteiger partial charge is 0.486 e. The fourth-order valence-electron chi connectivity index (χ4n) is 5.25. The summed E-state index contributed by atoms with van der Waals surface area (Å²) in [6.45, 7) is 1.81. The molecule has 2 aliphatic carbocycles. The Morgan fingerprint density at radius 1 is 1.22 bits per heavy atom. The zero-order valence-electron chi connectivity index (χ0n) is 13.2. The number of ether oxygens (including phenoxy) is 1. The lowest BCUT2D eigenvalue weighted by Gasteiger charge is -2.37. The van der Waals surface area contributed by atoms with Crippen LogP contribution >= 0.6 is 0 Å². The molecule has 4 atom stereocenters. The molecule has 120 valence electrons. The van der Waals surface area contributed by atoms with Crippen molar-refractivity contribution in [3.05, 3.63) is 29.8 Å². The second-order valence-electron chi connectivity index (χ2n) is 7.55. The van der Waals surface area contributed by atoms with Crippen LogP contribution in [0.5, 0.6) is 5.75 Å². The predicted molar refractivity (Wildman–Crippen MR) is 84.3 cm³/mol. The summed E-state index contributed by atoms with van der Waals surface area (Å²) in [5.41, 5.74) is 0.278. The molecule has 3 fully saturated rings. The fraction of sp³-hybridized carbons (Fsp3) is 0.579. The van der Waals surface area contributed by atoms with Gasteiger partial charge in [-0.15, -0.1) is 0 Å². The number of amides is 1. The summed E-state index contributed by atoms with van der Waals surface area (Å²) in [4.78, 5) is 27.4. The molecule has 5 rings (SSSR count). The smallest absolute Gasteiger partial charge is 0.226 e. The van der Waals surface area contributed by atoms with Gasteiger partial charge in [0.25, 0.3) is 0 Å². The van der Waals surface area contributed by atoms with E-state index in [1.54, 1.807) is 0 Å². The average Bonchev–Trinajstić information content (AvgIpc) is 2.89. The molecule has 0 bridgehead atoms. The monoisotopic (exact) mass is 311 g/mol. The van der Waals surface area contributed by atoms with Crippen molar-refractivity contribution < 1.29 is 14.3 Å². The van der Waals surface area contributed by atoms with E-state index in [4.69, 9.17) is 4.74 Å². The number of likely N-dealkylation sites (tertiary alicyclic amines) is 1. The summed E-state index contributed by atoms with van der Waals surface area (Å²) in [5.74, 6) is 1.97. The second-order valence-corrected chi connectivity index (χ2v) is 7.55. The van der Waals surface area contributed by atoms with E-state index >= 15 is 0 Å². The molecule has 1 saturated heterocycles. The van der Waals surface area contributed by atoms with Crippen molar-refractivity contribution in [2.45, 2.75) is 37.7 Å². The number of rotatable bonds is 1. The molecule has 4 nitrogen and oxygen atoms in total. The number of benzene rings is 1. The molecule has 1 amide bonds. The summed E-state index contributed by atoms with van der Waals surface area (Å²) in [5, 5.41) is 0. The van der Waals surface area contributed by atoms with Crippen molar-refractivity contribution >= 4 is 11.7 Å². The van der Waals surface area contributed by atoms with Gasteiger partial charge in [0.1, 0.15) is 11.4 Å². The van der Waals surface area contributed by atoms with E-state index in [2.05, 4.69) is 0 Å². The number of nitrogens with zero attached hydrogens (tertiary/aromatic N) is 1. The third-order valence-corrected chi connectivity index (χ3v) is 6.34. The maximum atomic E-state index is 12.8. The molecule has 4 aliphatic rings. The quantitative estimate of drug-likeness (QED) is 0.801. The average molecular weight is 311 g/mol. The van der Waals surface area contributed by atoms with Crippen LogP contribution in [0.15, 0.2) is 24.3 Å². The number of Topliss-reactive ketones (excluding diaryl/α,β-unsaturated/α-hetero) is 1. The molecular weight excluding hydrogens is 290 g/mol. The van der Waals surface area contributed by atoms with Gasteiger partial charge in [0.15, 0.2) is 5.78 Å². The van der Waals surface area contributed by atoms with E-state index in [1.165, 1.54) is 0 Å². The Morgan fingerprint density at radius 2 is 2.00 bits per heavy atom. The molecule has 0 N–H and O–H groups in total. The Bertz CT molecular complexity index is 694. The minimum Gasteiger partial charge on any atom is -0.486 e. The van der Waals surface area contributed by atoms with Gasteiger partial charge in [-0.1, -0.05) is 12.1 Å². The first kappa shape index (κ1) is 13.6. The van der Waals surface area contributed by atoms with Gasteiger partial charge in [0.2, 0.25) is 5.91 Å². The zero-order chi connectivity index (χ0) is 15.6. The van der Waals surface area contributed by atoms with Gasteiger partial charge < -0.3 is 9.64 Å². The molecule has 1 spiro atoms. The number of para-hydroxylation sites is 1. The van der Waals surface area contributed by atoms with E-state index in [-0.39, 0.29) is 17.6 Å². The Balaban J connectivity index is 1.42. The van der Waals surface area contributed by atoms with Gasteiger partial charge >= 0.3 is 0 Å². The van der Waals surface area contributed by atoms with Crippen LogP contribution in [0.25, 0.3) is 0 Å². The SMILES string of the molecule is O=C1C[C@]2(CC[C@@H]3[C@@H](C(=O)N4CCCC4)[C@H]32)Oc2ccccc21. The zero-order valence-corrected chi connectivity index (χ0v) is 13.2. The van der Waals surface area contributed by atoms with E-state index in [9.17, 15) is 9.59 Å². The highest BCUT2D eigenvalue weighted by Gasteiger charge is 2.71. The van der Waals surface area contributed by atoms with Crippen LogP contribution in [0.4, 0.5) is 0 Å². The van der Waals surface area contributed by atoms with Gasteiger partial charge in [-0.3, -0.25) is 9.59 Å². The third kappa shape index (κ3) is 1.84. The Morgan fingerprint density at radius 3 is 2.83 bits per heavy atom. The fourth-order valence-corrected chi connectivity index (χ4v) is 5.25. The molecule has 0 radical (unpaired) electrons. The summed E-state index contributed by atoms with van der Waals surface area (Å²) >= 11 is 0. The maximum absolute atomic E-state index is 12.8. The number of carbonyl (C=O) groups is 2. The molecule has 23 heavy (non-hydrogen) atoms. The lowest BCUT2D eigenvalue weighted by molar-refractivity contribution is -0.133. The van der Waals surface area contributed by atoms with E-state index < -0.39 is 5.60 Å². The number of hydrogen-bond acceptors (Lipinski definition) is 3. The molecule has 2 aliphatic heterocycles. The Kier molecular flexibility index (Phi) is 2.71. The first-order chi connectivity index (χ1) is 11.2. The van der Waals surface area contributed by atoms with Gasteiger partial charge in [-0.25, -0.2) is 0 Å². The molecule has 4 heteroatoms. The van der Waals surface area contributed by atoms with Crippen LogP contribution in [0, 0.1) is 17.8 Å². The summed E-state index contributed by atoms with van der Waals surface area (Å²) < 4.78 is 6.36. The number of ketones is 1.